The summed E-state index contributed by atoms with van der Waals surface area (Å²) < 4.78 is 39.8. The first-order chi connectivity index (χ1) is 16.5. The summed E-state index contributed by atoms with van der Waals surface area (Å²) in [4.78, 5) is 19.3. The highest BCUT2D eigenvalue weighted by molar-refractivity contribution is 5.71. The van der Waals surface area contributed by atoms with Gasteiger partial charge in [-0.15, -0.1) is 0 Å². The van der Waals surface area contributed by atoms with E-state index in [1.165, 1.54) is 12.3 Å². The Morgan fingerprint density at radius 1 is 1.18 bits per heavy atom. The van der Waals surface area contributed by atoms with Crippen LogP contribution in [-0.2, 0) is 16.1 Å². The number of hydrogen-bond acceptors (Lipinski definition) is 9. The molecule has 12 heteroatoms. The second kappa shape index (κ2) is 10.6. The Bertz CT molecular complexity index is 1260. The predicted molar refractivity (Wildman–Crippen MR) is 117 cm³/mol. The maximum Gasteiger partial charge on any atom is 0.319 e. The first-order valence-electron chi connectivity index (χ1n) is 10.4. The number of anilines is 1. The van der Waals surface area contributed by atoms with Crippen molar-refractivity contribution in [3.63, 3.8) is 0 Å². The van der Waals surface area contributed by atoms with Crippen molar-refractivity contribution < 1.29 is 22.8 Å². The minimum absolute atomic E-state index is 0.0261. The molecule has 4 rings (SSSR count). The zero-order chi connectivity index (χ0) is 23.9. The number of carbonyl (C=O) groups is 1. The van der Waals surface area contributed by atoms with E-state index in [1.807, 2.05) is 0 Å². The Balaban J connectivity index is 1.56. The number of carbonyl (C=O) groups excluding carboxylic acids is 1. The number of benzene rings is 1. The Labute approximate surface area is 192 Å². The molecule has 0 fully saturated rings. The summed E-state index contributed by atoms with van der Waals surface area (Å²) >= 11 is 0. The lowest BCUT2D eigenvalue weighted by Gasteiger charge is -2.08. The monoisotopic (exact) mass is 469 g/mol. The summed E-state index contributed by atoms with van der Waals surface area (Å²) in [6.45, 7) is 0.376. The largest absolute Gasteiger partial charge is 0.465 e. The standard InChI is InChI=1S/C22H21F2N7O3/c23-15-5-2-1-4-14(15)13-31-19(17-6-9-34-30-17)10-18(29-31)22-27-12-16(24)21(28-22)26-7-3-8-33-20(32)11-25/h1-2,4-6,9-10,12H,3,7-8,11,13,25H2,(H,26,27,28). The normalized spacial score (nSPS) is 10.9. The summed E-state index contributed by atoms with van der Waals surface area (Å²) in [6, 6.07) is 9.68. The van der Waals surface area contributed by atoms with Gasteiger partial charge in [0.25, 0.3) is 0 Å². The van der Waals surface area contributed by atoms with Crippen molar-refractivity contribution in [3.8, 4) is 22.9 Å². The van der Waals surface area contributed by atoms with Gasteiger partial charge >= 0.3 is 5.97 Å². The molecule has 0 aliphatic heterocycles. The molecule has 0 atom stereocenters. The van der Waals surface area contributed by atoms with Crippen molar-refractivity contribution >= 4 is 11.8 Å². The van der Waals surface area contributed by atoms with Crippen LogP contribution in [0.2, 0.25) is 0 Å². The summed E-state index contributed by atoms with van der Waals surface area (Å²) in [5, 5.41) is 11.3. The van der Waals surface area contributed by atoms with Gasteiger partial charge in [0.1, 0.15) is 23.5 Å². The molecule has 176 valence electrons. The van der Waals surface area contributed by atoms with Crippen molar-refractivity contribution in [1.82, 2.24) is 24.9 Å². The van der Waals surface area contributed by atoms with Gasteiger partial charge in [-0.05, 0) is 18.6 Å². The van der Waals surface area contributed by atoms with Gasteiger partial charge in [0.05, 0.1) is 31.6 Å². The number of hydrogen-bond donors (Lipinski definition) is 2. The van der Waals surface area contributed by atoms with E-state index in [9.17, 15) is 13.6 Å². The zero-order valence-corrected chi connectivity index (χ0v) is 17.9. The van der Waals surface area contributed by atoms with E-state index in [-0.39, 0.29) is 37.2 Å². The Hall–Kier alpha value is -4.19. The average molecular weight is 469 g/mol. The highest BCUT2D eigenvalue weighted by atomic mass is 19.1. The lowest BCUT2D eigenvalue weighted by Crippen LogP contribution is -2.18. The number of ether oxygens (including phenoxy) is 1. The molecule has 10 nitrogen and oxygen atoms in total. The summed E-state index contributed by atoms with van der Waals surface area (Å²) in [6.07, 6.45) is 2.87. The maximum absolute atomic E-state index is 14.2. The molecule has 3 heterocycles. The molecule has 0 amide bonds. The number of halogens is 2. The molecule has 4 aromatic rings. The van der Waals surface area contributed by atoms with Gasteiger partial charge in [-0.1, -0.05) is 23.4 Å². The van der Waals surface area contributed by atoms with Crippen LogP contribution < -0.4 is 11.1 Å². The van der Waals surface area contributed by atoms with E-state index < -0.39 is 11.8 Å². The molecule has 0 unspecified atom stereocenters. The number of nitrogens with zero attached hydrogens (tertiary/aromatic N) is 5. The van der Waals surface area contributed by atoms with E-state index in [0.29, 0.717) is 35.6 Å². The third kappa shape index (κ3) is 5.41. The molecule has 0 bridgehead atoms. The van der Waals surface area contributed by atoms with Crippen LogP contribution in [0.5, 0.6) is 0 Å². The Morgan fingerprint density at radius 3 is 2.79 bits per heavy atom. The molecule has 3 aromatic heterocycles. The zero-order valence-electron chi connectivity index (χ0n) is 17.9. The van der Waals surface area contributed by atoms with E-state index >= 15 is 0 Å². The van der Waals surface area contributed by atoms with Crippen LogP contribution >= 0.6 is 0 Å². The minimum Gasteiger partial charge on any atom is -0.465 e. The molecule has 34 heavy (non-hydrogen) atoms. The van der Waals surface area contributed by atoms with Crippen molar-refractivity contribution in [1.29, 1.82) is 0 Å². The molecule has 3 N–H and O–H groups in total. The fraction of sp³-hybridized carbons (Fsp3) is 0.227. The molecule has 0 saturated heterocycles. The van der Waals surface area contributed by atoms with Crippen LogP contribution in [0.3, 0.4) is 0 Å². The van der Waals surface area contributed by atoms with Gasteiger partial charge in [-0.3, -0.25) is 9.48 Å². The van der Waals surface area contributed by atoms with Crippen molar-refractivity contribution in [2.45, 2.75) is 13.0 Å². The van der Waals surface area contributed by atoms with E-state index in [0.717, 1.165) is 6.20 Å². The molecule has 0 spiro atoms. The SMILES string of the molecule is NCC(=O)OCCCNc1nc(-c2cc(-c3ccon3)n(Cc3ccccc3F)n2)ncc1F. The second-order valence-corrected chi connectivity index (χ2v) is 7.14. The molecule has 0 radical (unpaired) electrons. The first-order valence-corrected chi connectivity index (χ1v) is 10.4. The first kappa shape index (κ1) is 23.0. The molecule has 0 saturated carbocycles. The van der Waals surface area contributed by atoms with Crippen LogP contribution in [-0.4, -0.2) is 50.6 Å². The Kier molecular flexibility index (Phi) is 7.18. The van der Waals surface area contributed by atoms with Gasteiger partial charge in [-0.2, -0.15) is 5.10 Å². The van der Waals surface area contributed by atoms with Gasteiger partial charge in [0, 0.05) is 18.2 Å². The van der Waals surface area contributed by atoms with E-state index in [1.54, 1.807) is 35.0 Å². The molecular formula is C22H21F2N7O3. The van der Waals surface area contributed by atoms with Gasteiger partial charge in [0.2, 0.25) is 0 Å². The number of nitrogens with two attached hydrogens (primary N) is 1. The summed E-state index contributed by atoms with van der Waals surface area (Å²) in [7, 11) is 0. The minimum atomic E-state index is -0.648. The van der Waals surface area contributed by atoms with Crippen molar-refractivity contribution in [3.05, 3.63) is 66.1 Å². The topological polar surface area (TPSA) is 134 Å². The van der Waals surface area contributed by atoms with Crippen LogP contribution in [0.4, 0.5) is 14.6 Å². The predicted octanol–water partition coefficient (Wildman–Crippen LogP) is 2.63. The van der Waals surface area contributed by atoms with Crippen molar-refractivity contribution in [2.75, 3.05) is 25.0 Å². The van der Waals surface area contributed by atoms with Crippen LogP contribution in [0.1, 0.15) is 12.0 Å². The van der Waals surface area contributed by atoms with Crippen LogP contribution in [0.15, 0.2) is 53.4 Å². The third-order valence-corrected chi connectivity index (χ3v) is 4.77. The fourth-order valence-electron chi connectivity index (χ4n) is 3.12. The fourth-order valence-corrected chi connectivity index (χ4v) is 3.12. The maximum atomic E-state index is 14.2. The number of esters is 1. The number of rotatable bonds is 10. The Morgan fingerprint density at radius 2 is 2.03 bits per heavy atom. The van der Waals surface area contributed by atoms with E-state index in [4.69, 9.17) is 15.0 Å². The number of nitrogens with one attached hydrogen (secondary N) is 1. The van der Waals surface area contributed by atoms with Gasteiger partial charge in [-0.25, -0.2) is 18.7 Å². The van der Waals surface area contributed by atoms with E-state index in [2.05, 4.69) is 25.5 Å². The molecular weight excluding hydrogens is 448 g/mol. The number of aromatic nitrogens is 5. The quantitative estimate of drug-likeness (QED) is 0.265. The van der Waals surface area contributed by atoms with Gasteiger partial charge in [0.15, 0.2) is 17.5 Å². The van der Waals surface area contributed by atoms with Crippen molar-refractivity contribution in [2.24, 2.45) is 5.73 Å². The molecule has 0 aliphatic carbocycles. The highest BCUT2D eigenvalue weighted by Crippen LogP contribution is 2.26. The third-order valence-electron chi connectivity index (χ3n) is 4.77. The van der Waals surface area contributed by atoms with Crippen LogP contribution in [0.25, 0.3) is 22.9 Å². The lowest BCUT2D eigenvalue weighted by atomic mass is 10.2. The molecule has 1 aromatic carbocycles. The summed E-state index contributed by atoms with van der Waals surface area (Å²) in [5.41, 5.74) is 6.98. The summed E-state index contributed by atoms with van der Waals surface area (Å²) in [5.74, 6) is -1.39. The van der Waals surface area contributed by atoms with Crippen LogP contribution in [0, 0.1) is 11.6 Å². The average Bonchev–Trinajstić information content (AvgIpc) is 3.51. The smallest absolute Gasteiger partial charge is 0.319 e. The van der Waals surface area contributed by atoms with Gasteiger partial charge < -0.3 is 20.3 Å². The lowest BCUT2D eigenvalue weighted by molar-refractivity contribution is -0.141. The molecule has 0 aliphatic rings. The second-order valence-electron chi connectivity index (χ2n) is 7.14. The highest BCUT2D eigenvalue weighted by Gasteiger charge is 2.18.